The average Bonchev–Trinajstić information content (AvgIpc) is 3.31. The summed E-state index contributed by atoms with van der Waals surface area (Å²) >= 11 is 3.16. The third kappa shape index (κ3) is 4.80. The number of carbonyl (C=O) groups is 1. The number of aryl methyl sites for hydroxylation is 2. The quantitative estimate of drug-likeness (QED) is 0.345. The van der Waals surface area contributed by atoms with E-state index in [0.717, 1.165) is 41.5 Å². The summed E-state index contributed by atoms with van der Waals surface area (Å²) in [5, 5.41) is 3.95. The Balaban J connectivity index is 1.54. The second-order valence-corrected chi connectivity index (χ2v) is 10.2. The Morgan fingerprint density at radius 2 is 2.13 bits per heavy atom. The van der Waals surface area contributed by atoms with E-state index in [1.165, 1.54) is 16.6 Å². The van der Waals surface area contributed by atoms with Gasteiger partial charge in [-0.1, -0.05) is 42.6 Å². The maximum atomic E-state index is 13.2. The Kier molecular flexibility index (Phi) is 6.98. The summed E-state index contributed by atoms with van der Waals surface area (Å²) in [5.41, 5.74) is 1.46. The summed E-state index contributed by atoms with van der Waals surface area (Å²) in [6.45, 7) is 2.53. The Bertz CT molecular complexity index is 1180. The molecule has 1 amide bonds. The van der Waals surface area contributed by atoms with Gasteiger partial charge in [0.2, 0.25) is 5.91 Å². The van der Waals surface area contributed by atoms with Gasteiger partial charge >= 0.3 is 0 Å². The molecule has 1 aromatic carbocycles. The van der Waals surface area contributed by atoms with Crippen LogP contribution in [-0.2, 0) is 24.2 Å². The van der Waals surface area contributed by atoms with Crippen molar-refractivity contribution >= 4 is 56.7 Å². The predicted octanol–water partition coefficient (Wildman–Crippen LogP) is 5.40. The molecule has 3 aromatic rings. The summed E-state index contributed by atoms with van der Waals surface area (Å²) in [4.78, 5) is 32.7. The molecule has 5 nitrogen and oxygen atoms in total. The van der Waals surface area contributed by atoms with Gasteiger partial charge in [0.05, 0.1) is 16.8 Å². The molecule has 1 aliphatic carbocycles. The number of fused-ring (bicyclic) bond motifs is 3. The Morgan fingerprint density at radius 1 is 1.32 bits per heavy atom. The molecule has 0 unspecified atom stereocenters. The van der Waals surface area contributed by atoms with Crippen molar-refractivity contribution in [1.29, 1.82) is 0 Å². The van der Waals surface area contributed by atoms with Crippen LogP contribution >= 0.6 is 34.9 Å². The number of nitrogens with one attached hydrogen (secondary N) is 1. The van der Waals surface area contributed by atoms with Crippen molar-refractivity contribution in [2.75, 3.05) is 11.1 Å². The largest absolute Gasteiger partial charge is 0.324 e. The number of alkyl halides is 2. The second-order valence-electron chi connectivity index (χ2n) is 7.10. The summed E-state index contributed by atoms with van der Waals surface area (Å²) in [6.07, 6.45) is 3.76. The van der Waals surface area contributed by atoms with E-state index in [9.17, 15) is 18.4 Å². The van der Waals surface area contributed by atoms with Crippen LogP contribution in [0, 0.1) is 0 Å². The summed E-state index contributed by atoms with van der Waals surface area (Å²) in [7, 11) is 0. The lowest BCUT2D eigenvalue weighted by Crippen LogP contribution is -2.24. The van der Waals surface area contributed by atoms with Crippen molar-refractivity contribution < 1.29 is 13.6 Å². The van der Waals surface area contributed by atoms with Gasteiger partial charge in [0.1, 0.15) is 4.83 Å². The van der Waals surface area contributed by atoms with Gasteiger partial charge in [-0.15, -0.1) is 11.3 Å². The first-order valence-electron chi connectivity index (χ1n) is 9.99. The minimum atomic E-state index is -2.57. The van der Waals surface area contributed by atoms with E-state index in [1.54, 1.807) is 40.2 Å². The molecular weight excluding hydrogens is 460 g/mol. The SMILES string of the molecule is CCCn1c(SCC(=O)Nc2ccccc2SC(F)F)nc2sc3c(c2c1=O)CCC3. The van der Waals surface area contributed by atoms with E-state index in [4.69, 9.17) is 4.98 Å². The van der Waals surface area contributed by atoms with Crippen LogP contribution in [0.4, 0.5) is 14.5 Å². The number of thiophene rings is 1. The first kappa shape index (κ1) is 22.3. The molecule has 0 saturated heterocycles. The van der Waals surface area contributed by atoms with E-state index in [2.05, 4.69) is 5.32 Å². The van der Waals surface area contributed by atoms with E-state index in [1.807, 2.05) is 6.92 Å². The van der Waals surface area contributed by atoms with Gasteiger partial charge in [-0.05, 0) is 43.4 Å². The normalized spacial score (nSPS) is 13.2. The van der Waals surface area contributed by atoms with Gasteiger partial charge in [-0.25, -0.2) is 4.98 Å². The van der Waals surface area contributed by atoms with Crippen LogP contribution in [0.5, 0.6) is 0 Å². The zero-order valence-corrected chi connectivity index (χ0v) is 19.3. The number of benzene rings is 1. The lowest BCUT2D eigenvalue weighted by Gasteiger charge is -2.12. The van der Waals surface area contributed by atoms with Crippen molar-refractivity contribution in [1.82, 2.24) is 9.55 Å². The molecule has 31 heavy (non-hydrogen) atoms. The fourth-order valence-corrected chi connectivity index (χ4v) is 6.40. The van der Waals surface area contributed by atoms with Gasteiger partial charge in [0, 0.05) is 16.3 Å². The molecule has 0 bridgehead atoms. The highest BCUT2D eigenvalue weighted by molar-refractivity contribution is 8.00. The number of hydrogen-bond acceptors (Lipinski definition) is 6. The first-order valence-corrected chi connectivity index (χ1v) is 12.7. The fourth-order valence-electron chi connectivity index (χ4n) is 3.67. The minimum Gasteiger partial charge on any atom is -0.324 e. The molecule has 0 fully saturated rings. The number of nitrogens with zero attached hydrogens (tertiary/aromatic N) is 2. The van der Waals surface area contributed by atoms with Crippen molar-refractivity contribution in [3.8, 4) is 0 Å². The Hall–Kier alpha value is -1.91. The van der Waals surface area contributed by atoms with Gasteiger partial charge in [0.25, 0.3) is 11.3 Å². The number of carbonyl (C=O) groups excluding carboxylic acids is 1. The number of rotatable bonds is 8. The second kappa shape index (κ2) is 9.70. The lowest BCUT2D eigenvalue weighted by atomic mass is 10.2. The standard InChI is InChI=1S/C21H21F2N3O2S3/c1-2-10-26-19(28)17-12-6-5-9-14(12)30-18(17)25-21(26)29-11-16(27)24-13-7-3-4-8-15(13)31-20(22)23/h3-4,7-8,20H,2,5-6,9-11H2,1H3,(H,24,27). The van der Waals surface area contributed by atoms with Crippen LogP contribution in [0.1, 0.15) is 30.2 Å². The topological polar surface area (TPSA) is 64.0 Å². The van der Waals surface area contributed by atoms with Gasteiger partial charge in [0.15, 0.2) is 5.16 Å². The van der Waals surface area contributed by atoms with Crippen molar-refractivity contribution in [2.45, 2.75) is 55.0 Å². The molecule has 0 radical (unpaired) electrons. The van der Waals surface area contributed by atoms with Crippen LogP contribution in [0.3, 0.4) is 0 Å². The van der Waals surface area contributed by atoms with E-state index >= 15 is 0 Å². The number of para-hydroxylation sites is 1. The summed E-state index contributed by atoms with van der Waals surface area (Å²) in [5.74, 6) is -2.88. The minimum absolute atomic E-state index is 0.0282. The summed E-state index contributed by atoms with van der Waals surface area (Å²) < 4.78 is 27.2. The van der Waals surface area contributed by atoms with Crippen LogP contribution in [0.15, 0.2) is 39.1 Å². The van der Waals surface area contributed by atoms with Gasteiger partial charge < -0.3 is 5.32 Å². The van der Waals surface area contributed by atoms with E-state index in [0.29, 0.717) is 34.0 Å². The molecule has 2 heterocycles. The van der Waals surface area contributed by atoms with Crippen molar-refractivity contribution in [2.24, 2.45) is 0 Å². The number of anilines is 1. The third-order valence-corrected chi connectivity index (χ3v) is 7.90. The third-order valence-electron chi connectivity index (χ3n) is 4.95. The molecular formula is C21H21F2N3O2S3. The maximum Gasteiger partial charge on any atom is 0.288 e. The monoisotopic (exact) mass is 481 g/mol. The molecule has 0 saturated carbocycles. The molecule has 2 aromatic heterocycles. The van der Waals surface area contributed by atoms with Gasteiger partial charge in [-0.2, -0.15) is 8.78 Å². The van der Waals surface area contributed by atoms with Crippen LogP contribution in [-0.4, -0.2) is 27.0 Å². The predicted molar refractivity (Wildman–Crippen MR) is 124 cm³/mol. The maximum absolute atomic E-state index is 13.2. The van der Waals surface area contributed by atoms with Gasteiger partial charge in [-0.3, -0.25) is 14.2 Å². The highest BCUT2D eigenvalue weighted by Gasteiger charge is 2.23. The molecule has 0 spiro atoms. The highest BCUT2D eigenvalue weighted by atomic mass is 32.2. The average molecular weight is 482 g/mol. The zero-order valence-electron chi connectivity index (χ0n) is 16.8. The fraction of sp³-hybridized carbons (Fsp3) is 0.381. The molecule has 1 aliphatic rings. The number of halogens is 2. The van der Waals surface area contributed by atoms with E-state index in [-0.39, 0.29) is 17.2 Å². The number of aromatic nitrogens is 2. The Labute approximate surface area is 190 Å². The number of amides is 1. The first-order chi connectivity index (χ1) is 15.0. The smallest absolute Gasteiger partial charge is 0.288 e. The molecule has 0 atom stereocenters. The van der Waals surface area contributed by atoms with Crippen LogP contribution in [0.2, 0.25) is 0 Å². The molecule has 164 valence electrons. The molecule has 0 aliphatic heterocycles. The molecule has 10 heteroatoms. The number of hydrogen-bond donors (Lipinski definition) is 1. The van der Waals surface area contributed by atoms with Crippen molar-refractivity contribution in [3.63, 3.8) is 0 Å². The molecule has 1 N–H and O–H groups in total. The summed E-state index contributed by atoms with van der Waals surface area (Å²) in [6, 6.07) is 6.47. The zero-order chi connectivity index (χ0) is 22.0. The Morgan fingerprint density at radius 3 is 2.90 bits per heavy atom. The van der Waals surface area contributed by atoms with Crippen LogP contribution < -0.4 is 10.9 Å². The molecule has 4 rings (SSSR count). The number of thioether (sulfide) groups is 2. The van der Waals surface area contributed by atoms with Crippen molar-refractivity contribution in [3.05, 3.63) is 45.1 Å². The van der Waals surface area contributed by atoms with Crippen LogP contribution in [0.25, 0.3) is 10.2 Å². The van der Waals surface area contributed by atoms with E-state index < -0.39 is 5.76 Å². The lowest BCUT2D eigenvalue weighted by molar-refractivity contribution is -0.113. The highest BCUT2D eigenvalue weighted by Crippen LogP contribution is 2.36.